The van der Waals surface area contributed by atoms with Gasteiger partial charge in [-0.25, -0.2) is 0 Å². The van der Waals surface area contributed by atoms with Crippen LogP contribution < -0.4 is 5.73 Å². The molecule has 1 aromatic rings. The Hall–Kier alpha value is -0.650. The highest BCUT2D eigenvalue weighted by Gasteiger charge is 2.26. The predicted octanol–water partition coefficient (Wildman–Crippen LogP) is 3.35. The van der Waals surface area contributed by atoms with Crippen LogP contribution in [0.25, 0.3) is 0 Å². The van der Waals surface area contributed by atoms with Gasteiger partial charge in [0.1, 0.15) is 5.84 Å². The third kappa shape index (κ3) is 3.46. The van der Waals surface area contributed by atoms with E-state index in [9.17, 15) is 0 Å². The predicted molar refractivity (Wildman–Crippen MR) is 83.5 cm³/mol. The molecule has 0 aromatic heterocycles. The third-order valence-electron chi connectivity index (χ3n) is 3.14. The van der Waals surface area contributed by atoms with Crippen molar-refractivity contribution >= 4 is 29.4 Å². The number of amidine groups is 1. The molecule has 3 N–H and O–H groups in total. The fourth-order valence-corrected chi connectivity index (χ4v) is 4.40. The summed E-state index contributed by atoms with van der Waals surface area (Å²) in [5.74, 6) is 1.14. The van der Waals surface area contributed by atoms with E-state index in [0.717, 1.165) is 34.1 Å². The SMILES string of the molecule is CCSc1cccc(SC2CCOC2C)c1C(=N)N. The summed E-state index contributed by atoms with van der Waals surface area (Å²) in [6, 6.07) is 6.16. The minimum Gasteiger partial charge on any atom is -0.384 e. The first-order chi connectivity index (χ1) is 9.13. The van der Waals surface area contributed by atoms with Crippen molar-refractivity contribution in [3.05, 3.63) is 23.8 Å². The monoisotopic (exact) mass is 296 g/mol. The Labute approximate surface area is 123 Å². The van der Waals surface area contributed by atoms with Crippen LogP contribution in [-0.2, 0) is 4.74 Å². The standard InChI is InChI=1S/C14H20N2OS2/c1-3-18-11-5-4-6-12(13(11)14(15)16)19-10-7-8-17-9(10)2/h4-6,9-10H,3,7-8H2,1-2H3,(H3,15,16). The van der Waals surface area contributed by atoms with Crippen LogP contribution in [0.5, 0.6) is 0 Å². The smallest absolute Gasteiger partial charge is 0.125 e. The molecule has 5 heteroatoms. The Morgan fingerprint density at radius 2 is 2.21 bits per heavy atom. The Morgan fingerprint density at radius 3 is 2.79 bits per heavy atom. The largest absolute Gasteiger partial charge is 0.384 e. The number of nitrogen functional groups attached to an aromatic ring is 1. The highest BCUT2D eigenvalue weighted by atomic mass is 32.2. The molecule has 2 unspecified atom stereocenters. The number of rotatable bonds is 5. The second-order valence-corrected chi connectivity index (χ2v) is 7.08. The van der Waals surface area contributed by atoms with E-state index >= 15 is 0 Å². The Balaban J connectivity index is 2.28. The van der Waals surface area contributed by atoms with E-state index in [0.29, 0.717) is 5.25 Å². The lowest BCUT2D eigenvalue weighted by atomic mass is 10.2. The average molecular weight is 296 g/mol. The van der Waals surface area contributed by atoms with Crippen LogP contribution in [0.3, 0.4) is 0 Å². The van der Waals surface area contributed by atoms with Gasteiger partial charge in [0.25, 0.3) is 0 Å². The highest BCUT2D eigenvalue weighted by molar-refractivity contribution is 8.00. The number of ether oxygens (including phenoxy) is 1. The lowest BCUT2D eigenvalue weighted by molar-refractivity contribution is 0.127. The maximum absolute atomic E-state index is 7.84. The fraction of sp³-hybridized carbons (Fsp3) is 0.500. The van der Waals surface area contributed by atoms with Crippen molar-refractivity contribution in [1.29, 1.82) is 5.41 Å². The summed E-state index contributed by atoms with van der Waals surface area (Å²) >= 11 is 3.53. The topological polar surface area (TPSA) is 59.1 Å². The molecule has 1 aromatic carbocycles. The van der Waals surface area contributed by atoms with Crippen molar-refractivity contribution in [2.24, 2.45) is 5.73 Å². The summed E-state index contributed by atoms with van der Waals surface area (Å²) in [6.45, 7) is 5.06. The summed E-state index contributed by atoms with van der Waals surface area (Å²) in [7, 11) is 0. The summed E-state index contributed by atoms with van der Waals surface area (Å²) in [6.07, 6.45) is 1.33. The molecule has 0 spiro atoms. The molecule has 0 aliphatic carbocycles. The highest BCUT2D eigenvalue weighted by Crippen LogP contribution is 2.37. The van der Waals surface area contributed by atoms with E-state index < -0.39 is 0 Å². The minimum atomic E-state index is 0.158. The lowest BCUT2D eigenvalue weighted by Crippen LogP contribution is -2.17. The van der Waals surface area contributed by atoms with Crippen molar-refractivity contribution in [2.75, 3.05) is 12.4 Å². The van der Waals surface area contributed by atoms with Crippen molar-refractivity contribution in [3.63, 3.8) is 0 Å². The number of benzene rings is 1. The Morgan fingerprint density at radius 1 is 1.47 bits per heavy atom. The number of nitrogens with one attached hydrogen (secondary N) is 1. The van der Waals surface area contributed by atoms with E-state index in [4.69, 9.17) is 15.9 Å². The van der Waals surface area contributed by atoms with Gasteiger partial charge in [0.05, 0.1) is 6.10 Å². The number of thioether (sulfide) groups is 2. The molecule has 0 amide bonds. The molecule has 1 saturated heterocycles. The molecule has 0 radical (unpaired) electrons. The van der Waals surface area contributed by atoms with Crippen LogP contribution in [0.15, 0.2) is 28.0 Å². The van der Waals surface area contributed by atoms with Crippen molar-refractivity contribution in [3.8, 4) is 0 Å². The zero-order valence-electron chi connectivity index (χ0n) is 11.3. The van der Waals surface area contributed by atoms with E-state index in [1.807, 2.05) is 12.1 Å². The van der Waals surface area contributed by atoms with Crippen LogP contribution in [0.2, 0.25) is 0 Å². The van der Waals surface area contributed by atoms with Crippen molar-refractivity contribution in [1.82, 2.24) is 0 Å². The normalized spacial score (nSPS) is 22.6. The maximum Gasteiger partial charge on any atom is 0.125 e. The van der Waals surface area contributed by atoms with Gasteiger partial charge in [-0.15, -0.1) is 23.5 Å². The van der Waals surface area contributed by atoms with Gasteiger partial charge in [-0.1, -0.05) is 13.0 Å². The first kappa shape index (κ1) is 14.8. The van der Waals surface area contributed by atoms with Gasteiger partial charge in [0.2, 0.25) is 0 Å². The molecule has 19 heavy (non-hydrogen) atoms. The molecule has 104 valence electrons. The van der Waals surface area contributed by atoms with Gasteiger partial charge in [0, 0.05) is 27.2 Å². The molecule has 1 heterocycles. The zero-order chi connectivity index (χ0) is 13.8. The second-order valence-electron chi connectivity index (χ2n) is 4.50. The van der Waals surface area contributed by atoms with E-state index in [1.54, 1.807) is 23.5 Å². The van der Waals surface area contributed by atoms with Gasteiger partial charge >= 0.3 is 0 Å². The Bertz CT molecular complexity index is 465. The summed E-state index contributed by atoms with van der Waals surface area (Å²) in [5.41, 5.74) is 6.67. The summed E-state index contributed by atoms with van der Waals surface area (Å²) < 4.78 is 5.60. The van der Waals surface area contributed by atoms with Crippen molar-refractivity contribution in [2.45, 2.75) is 41.4 Å². The van der Waals surface area contributed by atoms with Crippen LogP contribution >= 0.6 is 23.5 Å². The number of nitrogens with two attached hydrogens (primary N) is 1. The number of hydrogen-bond acceptors (Lipinski definition) is 4. The van der Waals surface area contributed by atoms with Crippen LogP contribution in [-0.4, -0.2) is 29.5 Å². The van der Waals surface area contributed by atoms with Gasteiger partial charge < -0.3 is 10.5 Å². The van der Waals surface area contributed by atoms with E-state index in [-0.39, 0.29) is 11.9 Å². The molecule has 3 nitrogen and oxygen atoms in total. The van der Waals surface area contributed by atoms with Gasteiger partial charge in [-0.2, -0.15) is 0 Å². The maximum atomic E-state index is 7.84. The molecule has 0 bridgehead atoms. The first-order valence-electron chi connectivity index (χ1n) is 6.52. The Kier molecular flexibility index (Phi) is 5.19. The molecule has 1 fully saturated rings. The zero-order valence-corrected chi connectivity index (χ0v) is 12.9. The third-order valence-corrected chi connectivity index (χ3v) is 5.60. The van der Waals surface area contributed by atoms with Crippen LogP contribution in [0, 0.1) is 5.41 Å². The molecule has 1 aliphatic rings. The van der Waals surface area contributed by atoms with Gasteiger partial charge in [-0.05, 0) is 31.2 Å². The van der Waals surface area contributed by atoms with E-state index in [2.05, 4.69) is 19.9 Å². The molecule has 2 atom stereocenters. The van der Waals surface area contributed by atoms with Crippen LogP contribution in [0.4, 0.5) is 0 Å². The van der Waals surface area contributed by atoms with E-state index in [1.165, 1.54) is 0 Å². The lowest BCUT2D eigenvalue weighted by Gasteiger charge is -2.17. The van der Waals surface area contributed by atoms with Crippen LogP contribution in [0.1, 0.15) is 25.8 Å². The average Bonchev–Trinajstić information content (AvgIpc) is 2.75. The molecular weight excluding hydrogens is 276 g/mol. The van der Waals surface area contributed by atoms with Gasteiger partial charge in [0.15, 0.2) is 0 Å². The first-order valence-corrected chi connectivity index (χ1v) is 8.38. The summed E-state index contributed by atoms with van der Waals surface area (Å²) in [5, 5.41) is 8.30. The molecule has 0 saturated carbocycles. The quantitative estimate of drug-likeness (QED) is 0.497. The van der Waals surface area contributed by atoms with Gasteiger partial charge in [-0.3, -0.25) is 5.41 Å². The second kappa shape index (κ2) is 6.68. The summed E-state index contributed by atoms with van der Waals surface area (Å²) in [4.78, 5) is 2.21. The molecule has 1 aliphatic heterocycles. The fourth-order valence-electron chi connectivity index (χ4n) is 2.18. The number of hydrogen-bond donors (Lipinski definition) is 2. The molecule has 2 rings (SSSR count). The minimum absolute atomic E-state index is 0.158. The molecular formula is C14H20N2OS2. The van der Waals surface area contributed by atoms with Crippen molar-refractivity contribution < 1.29 is 4.74 Å².